The number of esters is 1. The van der Waals surface area contributed by atoms with Gasteiger partial charge in [0.05, 0.1) is 19.8 Å². The number of nitrogens with one attached hydrogen (secondary N) is 1. The molecule has 2 aromatic rings. The van der Waals surface area contributed by atoms with Crippen LogP contribution >= 0.6 is 0 Å². The van der Waals surface area contributed by atoms with Crippen molar-refractivity contribution in [1.29, 1.82) is 0 Å². The summed E-state index contributed by atoms with van der Waals surface area (Å²) in [5.41, 5.74) is 1.34. The van der Waals surface area contributed by atoms with E-state index in [9.17, 15) is 14.4 Å². The number of hydrogen-bond acceptors (Lipinski definition) is 7. The number of hydrogen-bond donors (Lipinski definition) is 1. The Kier molecular flexibility index (Phi) is 7.24. The first-order chi connectivity index (χ1) is 14.9. The van der Waals surface area contributed by atoms with Crippen molar-refractivity contribution in [3.8, 4) is 5.88 Å². The van der Waals surface area contributed by atoms with Crippen molar-refractivity contribution in [2.24, 2.45) is 7.05 Å². The first-order valence-electron chi connectivity index (χ1n) is 9.98. The van der Waals surface area contributed by atoms with E-state index in [4.69, 9.17) is 4.74 Å². The van der Waals surface area contributed by atoms with E-state index in [2.05, 4.69) is 20.1 Å². The number of ether oxygens (including phenoxy) is 2. The Hall–Kier alpha value is -3.40. The third kappa shape index (κ3) is 5.40. The Balaban J connectivity index is 1.42. The third-order valence-electron chi connectivity index (χ3n) is 5.16. The fourth-order valence-electron chi connectivity index (χ4n) is 3.42. The highest BCUT2D eigenvalue weighted by Crippen LogP contribution is 2.18. The minimum absolute atomic E-state index is 0.0895. The lowest BCUT2D eigenvalue weighted by Crippen LogP contribution is -2.50. The highest BCUT2D eigenvalue weighted by atomic mass is 16.5. The predicted molar refractivity (Wildman–Crippen MR) is 112 cm³/mol. The fourth-order valence-corrected chi connectivity index (χ4v) is 3.42. The normalized spacial score (nSPS) is 14.2. The molecule has 10 nitrogen and oxygen atoms in total. The zero-order chi connectivity index (χ0) is 22.4. The van der Waals surface area contributed by atoms with E-state index >= 15 is 0 Å². The largest absolute Gasteiger partial charge is 0.479 e. The van der Waals surface area contributed by atoms with E-state index in [0.29, 0.717) is 48.7 Å². The Morgan fingerprint density at radius 3 is 2.29 bits per heavy atom. The van der Waals surface area contributed by atoms with Crippen molar-refractivity contribution >= 4 is 17.8 Å². The van der Waals surface area contributed by atoms with Gasteiger partial charge in [0.15, 0.2) is 0 Å². The third-order valence-corrected chi connectivity index (χ3v) is 5.16. The van der Waals surface area contributed by atoms with Crippen LogP contribution in [0, 0.1) is 0 Å². The summed E-state index contributed by atoms with van der Waals surface area (Å²) >= 11 is 0. The van der Waals surface area contributed by atoms with Gasteiger partial charge in [-0.15, -0.1) is 5.10 Å². The summed E-state index contributed by atoms with van der Waals surface area (Å²) in [6.07, 6.45) is 1.67. The fraction of sp³-hybridized carbons (Fsp3) is 0.429. The molecule has 0 saturated carbocycles. The molecule has 0 spiro atoms. The molecule has 1 N–H and O–H groups in total. The number of carbonyl (C=O) groups excluding carboxylic acids is 3. The zero-order valence-electron chi connectivity index (χ0n) is 18.0. The average molecular weight is 429 g/mol. The molecule has 1 aromatic carbocycles. The van der Waals surface area contributed by atoms with Crippen molar-refractivity contribution in [3.05, 3.63) is 47.2 Å². The summed E-state index contributed by atoms with van der Waals surface area (Å²) in [7, 11) is 4.56. The molecule has 0 unspecified atom stereocenters. The molecule has 2 amide bonds. The second kappa shape index (κ2) is 10.1. The molecule has 0 aliphatic carbocycles. The van der Waals surface area contributed by atoms with Gasteiger partial charge in [-0.05, 0) is 24.3 Å². The molecule has 0 radical (unpaired) electrons. The van der Waals surface area contributed by atoms with Crippen LogP contribution in [0.4, 0.5) is 0 Å². The molecule has 10 heteroatoms. The Labute approximate surface area is 180 Å². The van der Waals surface area contributed by atoms with Gasteiger partial charge in [-0.1, -0.05) is 0 Å². The molecule has 1 aliphatic heterocycles. The number of rotatable bonds is 7. The maximum Gasteiger partial charge on any atom is 0.337 e. The number of aryl methyl sites for hydroxylation is 1. The van der Waals surface area contributed by atoms with Crippen LogP contribution in [-0.4, -0.2) is 90.9 Å². The summed E-state index contributed by atoms with van der Waals surface area (Å²) in [5, 5.41) is 7.01. The molecular weight excluding hydrogens is 402 g/mol. The van der Waals surface area contributed by atoms with E-state index in [0.717, 1.165) is 13.1 Å². The van der Waals surface area contributed by atoms with Crippen LogP contribution in [-0.2, 0) is 11.8 Å². The minimum Gasteiger partial charge on any atom is -0.479 e. The highest BCUT2D eigenvalue weighted by Gasteiger charge is 2.26. The molecule has 1 saturated heterocycles. The Morgan fingerprint density at radius 2 is 1.68 bits per heavy atom. The zero-order valence-corrected chi connectivity index (χ0v) is 18.0. The van der Waals surface area contributed by atoms with Crippen LogP contribution in [0.1, 0.15) is 31.1 Å². The molecular formula is C21H27N5O5. The van der Waals surface area contributed by atoms with Gasteiger partial charge in [-0.2, -0.15) is 0 Å². The number of carbonyl (C=O) groups is 3. The van der Waals surface area contributed by atoms with Crippen molar-refractivity contribution in [3.63, 3.8) is 0 Å². The summed E-state index contributed by atoms with van der Waals surface area (Å²) in [6.45, 7) is 3.81. The first kappa shape index (κ1) is 22.3. The van der Waals surface area contributed by atoms with Crippen molar-refractivity contribution < 1.29 is 23.9 Å². The Bertz CT molecular complexity index is 932. The second-order valence-corrected chi connectivity index (χ2v) is 7.18. The molecule has 0 atom stereocenters. The van der Waals surface area contributed by atoms with Gasteiger partial charge in [0.1, 0.15) is 5.56 Å². The average Bonchev–Trinajstić information content (AvgIpc) is 3.19. The molecule has 1 fully saturated rings. The monoisotopic (exact) mass is 429 g/mol. The van der Waals surface area contributed by atoms with E-state index in [-0.39, 0.29) is 11.8 Å². The van der Waals surface area contributed by atoms with Gasteiger partial charge >= 0.3 is 5.97 Å². The maximum absolute atomic E-state index is 12.7. The maximum atomic E-state index is 12.7. The van der Waals surface area contributed by atoms with E-state index < -0.39 is 5.97 Å². The van der Waals surface area contributed by atoms with Gasteiger partial charge in [0, 0.05) is 58.1 Å². The van der Waals surface area contributed by atoms with Crippen molar-refractivity contribution in [2.75, 3.05) is 53.5 Å². The number of aromatic nitrogens is 2. The molecule has 31 heavy (non-hydrogen) atoms. The van der Waals surface area contributed by atoms with Gasteiger partial charge in [-0.3, -0.25) is 19.2 Å². The van der Waals surface area contributed by atoms with Crippen LogP contribution in [0.15, 0.2) is 30.5 Å². The summed E-state index contributed by atoms with van der Waals surface area (Å²) in [4.78, 5) is 40.5. The second-order valence-electron chi connectivity index (χ2n) is 7.18. The van der Waals surface area contributed by atoms with Gasteiger partial charge in [-0.25, -0.2) is 4.79 Å². The summed E-state index contributed by atoms with van der Waals surface area (Å²) in [5.74, 6) is -0.397. The number of piperazine rings is 1. The number of amides is 2. The van der Waals surface area contributed by atoms with Crippen LogP contribution in [0.25, 0.3) is 0 Å². The van der Waals surface area contributed by atoms with Crippen LogP contribution in [0.2, 0.25) is 0 Å². The molecule has 2 heterocycles. The lowest BCUT2D eigenvalue weighted by Gasteiger charge is -2.34. The van der Waals surface area contributed by atoms with Crippen molar-refractivity contribution in [1.82, 2.24) is 24.9 Å². The Morgan fingerprint density at radius 1 is 1.03 bits per heavy atom. The summed E-state index contributed by atoms with van der Waals surface area (Å²) < 4.78 is 11.4. The van der Waals surface area contributed by atoms with Crippen molar-refractivity contribution in [2.45, 2.75) is 0 Å². The van der Waals surface area contributed by atoms with Gasteiger partial charge in [0.2, 0.25) is 5.88 Å². The van der Waals surface area contributed by atoms with E-state index in [1.165, 1.54) is 14.2 Å². The SMILES string of the molecule is COC(=O)c1ccc(C(=O)NCCN2CCN(C(=O)c3cn(C)nc3OC)CC2)cc1. The standard InChI is InChI=1S/C21H27N5O5/c1-24-14-17(19(23-24)30-2)20(28)26-12-10-25(11-13-26)9-8-22-18(27)15-4-6-16(7-5-15)21(29)31-3/h4-7,14H,8-13H2,1-3H3,(H,22,27). The van der Waals surface area contributed by atoms with Gasteiger partial charge < -0.3 is 19.7 Å². The smallest absolute Gasteiger partial charge is 0.337 e. The lowest BCUT2D eigenvalue weighted by molar-refractivity contribution is 0.0598. The quantitative estimate of drug-likeness (QED) is 0.635. The van der Waals surface area contributed by atoms with E-state index in [1.807, 2.05) is 0 Å². The summed E-state index contributed by atoms with van der Waals surface area (Å²) in [6, 6.07) is 6.32. The molecule has 0 bridgehead atoms. The first-order valence-corrected chi connectivity index (χ1v) is 9.98. The molecule has 1 aromatic heterocycles. The topological polar surface area (TPSA) is 106 Å². The molecule has 166 valence electrons. The minimum atomic E-state index is -0.438. The van der Waals surface area contributed by atoms with Crippen LogP contribution in [0.3, 0.4) is 0 Å². The van der Waals surface area contributed by atoms with E-state index in [1.54, 1.807) is 47.1 Å². The van der Waals surface area contributed by atoms with Gasteiger partial charge in [0.25, 0.3) is 11.8 Å². The molecule has 3 rings (SSSR count). The van der Waals surface area contributed by atoms with Crippen LogP contribution < -0.4 is 10.1 Å². The highest BCUT2D eigenvalue weighted by molar-refractivity contribution is 5.97. The number of benzene rings is 1. The number of methoxy groups -OCH3 is 2. The molecule has 1 aliphatic rings. The lowest BCUT2D eigenvalue weighted by atomic mass is 10.1. The predicted octanol–water partition coefficient (Wildman–Crippen LogP) is 0.403. The number of nitrogens with zero attached hydrogens (tertiary/aromatic N) is 4. The van der Waals surface area contributed by atoms with Crippen LogP contribution in [0.5, 0.6) is 5.88 Å².